The van der Waals surface area contributed by atoms with E-state index in [9.17, 15) is 18.0 Å². The van der Waals surface area contributed by atoms with Crippen LogP contribution in [0.3, 0.4) is 0 Å². The summed E-state index contributed by atoms with van der Waals surface area (Å²) in [5.74, 6) is -0.558. The Hall–Kier alpha value is -1.93. The van der Waals surface area contributed by atoms with Gasteiger partial charge in [0, 0.05) is 18.8 Å². The highest BCUT2D eigenvalue weighted by molar-refractivity contribution is 7.89. The summed E-state index contributed by atoms with van der Waals surface area (Å²) in [5, 5.41) is 2.58. The smallest absolute Gasteiger partial charge is 0.309 e. The molecule has 1 saturated carbocycles. The van der Waals surface area contributed by atoms with Gasteiger partial charge in [-0.3, -0.25) is 9.59 Å². The van der Waals surface area contributed by atoms with Gasteiger partial charge in [0.15, 0.2) is 6.61 Å². The van der Waals surface area contributed by atoms with Gasteiger partial charge in [-0.1, -0.05) is 20.8 Å². The second kappa shape index (κ2) is 7.97. The SMILES string of the molecule is CCN(CC)S(=O)(=O)c1ccc(NC(=O)COC(=O)[C@H]2C[C@@H]2C)cc1. The summed E-state index contributed by atoms with van der Waals surface area (Å²) in [6, 6.07) is 5.92. The predicted octanol–water partition coefficient (Wildman–Crippen LogP) is 1.85. The molecule has 25 heavy (non-hydrogen) atoms. The maximum absolute atomic E-state index is 12.4. The van der Waals surface area contributed by atoms with Gasteiger partial charge in [-0.25, -0.2) is 8.42 Å². The van der Waals surface area contributed by atoms with Crippen LogP contribution in [0.2, 0.25) is 0 Å². The molecule has 8 heteroatoms. The van der Waals surface area contributed by atoms with Crippen molar-refractivity contribution in [2.75, 3.05) is 25.0 Å². The second-order valence-electron chi connectivity index (χ2n) is 6.09. The summed E-state index contributed by atoms with van der Waals surface area (Å²) in [7, 11) is -3.52. The molecule has 0 unspecified atom stereocenters. The molecule has 1 fully saturated rings. The number of carbonyl (C=O) groups excluding carboxylic acids is 2. The van der Waals surface area contributed by atoms with E-state index in [1.807, 2.05) is 6.92 Å². The second-order valence-corrected chi connectivity index (χ2v) is 8.03. The molecule has 0 bridgehead atoms. The number of benzene rings is 1. The summed E-state index contributed by atoms with van der Waals surface area (Å²) in [5.41, 5.74) is 0.444. The third-order valence-electron chi connectivity index (χ3n) is 4.24. The molecular weight excluding hydrogens is 344 g/mol. The monoisotopic (exact) mass is 368 g/mol. The number of hydrogen-bond donors (Lipinski definition) is 1. The molecule has 0 aliphatic heterocycles. The molecule has 1 aliphatic rings. The standard InChI is InChI=1S/C17H24N2O5S/c1-4-19(5-2)25(22,23)14-8-6-13(7-9-14)18-16(20)11-24-17(21)15-10-12(15)3/h6-9,12,15H,4-5,10-11H2,1-3H3,(H,18,20)/t12-,15-/m0/s1. The van der Waals surface area contributed by atoms with Gasteiger partial charge in [0.2, 0.25) is 10.0 Å². The Labute approximate surface area is 148 Å². The molecule has 7 nitrogen and oxygen atoms in total. The van der Waals surface area contributed by atoms with Crippen molar-refractivity contribution < 1.29 is 22.7 Å². The lowest BCUT2D eigenvalue weighted by molar-refractivity contribution is -0.148. The molecular formula is C17H24N2O5S. The van der Waals surface area contributed by atoms with Crippen LogP contribution in [0.25, 0.3) is 0 Å². The fourth-order valence-electron chi connectivity index (χ4n) is 2.51. The average Bonchev–Trinajstić information content (AvgIpc) is 3.31. The Morgan fingerprint density at radius 3 is 2.24 bits per heavy atom. The molecule has 1 amide bonds. The summed E-state index contributed by atoms with van der Waals surface area (Å²) in [6.45, 7) is 5.95. The van der Waals surface area contributed by atoms with E-state index in [1.165, 1.54) is 28.6 Å². The van der Waals surface area contributed by atoms with Gasteiger partial charge in [-0.2, -0.15) is 4.31 Å². The van der Waals surface area contributed by atoms with Crippen molar-refractivity contribution in [3.8, 4) is 0 Å². The first-order valence-electron chi connectivity index (χ1n) is 8.36. The summed E-state index contributed by atoms with van der Waals surface area (Å²) >= 11 is 0. The summed E-state index contributed by atoms with van der Waals surface area (Å²) in [6.07, 6.45) is 0.808. The van der Waals surface area contributed by atoms with Crippen molar-refractivity contribution in [1.29, 1.82) is 0 Å². The average molecular weight is 368 g/mol. The number of esters is 1. The lowest BCUT2D eigenvalue weighted by Crippen LogP contribution is -2.30. The minimum atomic E-state index is -3.52. The van der Waals surface area contributed by atoms with Crippen LogP contribution >= 0.6 is 0 Å². The van der Waals surface area contributed by atoms with E-state index >= 15 is 0 Å². The number of anilines is 1. The van der Waals surface area contributed by atoms with Crippen molar-refractivity contribution in [2.45, 2.75) is 32.1 Å². The van der Waals surface area contributed by atoms with Crippen LogP contribution in [0, 0.1) is 11.8 Å². The van der Waals surface area contributed by atoms with Gasteiger partial charge in [-0.05, 0) is 36.6 Å². The van der Waals surface area contributed by atoms with Crippen LogP contribution in [0.1, 0.15) is 27.2 Å². The normalized spacial score (nSPS) is 19.5. The zero-order valence-electron chi connectivity index (χ0n) is 14.7. The van der Waals surface area contributed by atoms with E-state index in [4.69, 9.17) is 4.74 Å². The first-order valence-corrected chi connectivity index (χ1v) is 9.80. The molecule has 1 aromatic carbocycles. The van der Waals surface area contributed by atoms with E-state index < -0.39 is 15.9 Å². The molecule has 0 heterocycles. The quantitative estimate of drug-likeness (QED) is 0.707. The Morgan fingerprint density at radius 1 is 1.20 bits per heavy atom. The van der Waals surface area contributed by atoms with Crippen LogP contribution in [-0.4, -0.2) is 44.3 Å². The number of hydrogen-bond acceptors (Lipinski definition) is 5. The lowest BCUT2D eigenvalue weighted by Gasteiger charge is -2.18. The van der Waals surface area contributed by atoms with Crippen molar-refractivity contribution in [2.24, 2.45) is 11.8 Å². The predicted molar refractivity (Wildman–Crippen MR) is 93.4 cm³/mol. The number of nitrogens with zero attached hydrogens (tertiary/aromatic N) is 1. The van der Waals surface area contributed by atoms with Gasteiger partial charge < -0.3 is 10.1 Å². The third-order valence-corrected chi connectivity index (χ3v) is 6.30. The van der Waals surface area contributed by atoms with Gasteiger partial charge in [0.05, 0.1) is 10.8 Å². The molecule has 2 atom stereocenters. The number of carbonyl (C=O) groups is 2. The highest BCUT2D eigenvalue weighted by Gasteiger charge is 2.40. The third kappa shape index (κ3) is 4.79. The molecule has 1 aromatic rings. The molecule has 0 aromatic heterocycles. The van der Waals surface area contributed by atoms with Crippen LogP contribution in [-0.2, 0) is 24.3 Å². The van der Waals surface area contributed by atoms with Crippen molar-refractivity contribution in [1.82, 2.24) is 4.31 Å². The fourth-order valence-corrected chi connectivity index (χ4v) is 3.97. The Kier molecular flexibility index (Phi) is 6.18. The van der Waals surface area contributed by atoms with E-state index in [2.05, 4.69) is 5.32 Å². The highest BCUT2D eigenvalue weighted by atomic mass is 32.2. The fraction of sp³-hybridized carbons (Fsp3) is 0.529. The molecule has 1 aliphatic carbocycles. The number of nitrogens with one attached hydrogen (secondary N) is 1. The van der Waals surface area contributed by atoms with Crippen molar-refractivity contribution in [3.05, 3.63) is 24.3 Å². The topological polar surface area (TPSA) is 92.8 Å². The van der Waals surface area contributed by atoms with Crippen LogP contribution in [0.4, 0.5) is 5.69 Å². The molecule has 1 N–H and O–H groups in total. The number of rotatable bonds is 8. The first-order chi connectivity index (χ1) is 11.8. The molecule has 0 spiro atoms. The molecule has 138 valence electrons. The van der Waals surface area contributed by atoms with E-state index in [0.29, 0.717) is 24.7 Å². The van der Waals surface area contributed by atoms with Crippen LogP contribution in [0.15, 0.2) is 29.2 Å². The van der Waals surface area contributed by atoms with E-state index in [0.717, 1.165) is 6.42 Å². The number of ether oxygens (including phenoxy) is 1. The van der Waals surface area contributed by atoms with Crippen LogP contribution in [0.5, 0.6) is 0 Å². The Bertz CT molecular complexity index is 726. The first kappa shape index (κ1) is 19.4. The van der Waals surface area contributed by atoms with Crippen LogP contribution < -0.4 is 5.32 Å². The zero-order valence-corrected chi connectivity index (χ0v) is 15.5. The van der Waals surface area contributed by atoms with Gasteiger partial charge in [0.25, 0.3) is 5.91 Å². The molecule has 2 rings (SSSR count). The molecule has 0 radical (unpaired) electrons. The largest absolute Gasteiger partial charge is 0.455 e. The highest BCUT2D eigenvalue weighted by Crippen LogP contribution is 2.38. The maximum Gasteiger partial charge on any atom is 0.309 e. The maximum atomic E-state index is 12.4. The van der Waals surface area contributed by atoms with E-state index in [1.54, 1.807) is 13.8 Å². The lowest BCUT2D eigenvalue weighted by atomic mass is 10.3. The summed E-state index contributed by atoms with van der Waals surface area (Å²) < 4.78 is 31.1. The minimum absolute atomic E-state index is 0.0858. The zero-order chi connectivity index (χ0) is 18.6. The van der Waals surface area contributed by atoms with Gasteiger partial charge in [-0.15, -0.1) is 0 Å². The summed E-state index contributed by atoms with van der Waals surface area (Å²) in [4.78, 5) is 23.6. The Balaban J connectivity index is 1.91. The van der Waals surface area contributed by atoms with E-state index in [-0.39, 0.29) is 23.4 Å². The Morgan fingerprint density at radius 2 is 1.76 bits per heavy atom. The number of amides is 1. The molecule has 0 saturated heterocycles. The van der Waals surface area contributed by atoms with Crippen molar-refractivity contribution >= 4 is 27.6 Å². The van der Waals surface area contributed by atoms with Gasteiger partial charge in [0.1, 0.15) is 0 Å². The van der Waals surface area contributed by atoms with Gasteiger partial charge >= 0.3 is 5.97 Å². The minimum Gasteiger partial charge on any atom is -0.455 e. The van der Waals surface area contributed by atoms with Crippen molar-refractivity contribution in [3.63, 3.8) is 0 Å². The number of sulfonamides is 1.